The van der Waals surface area contributed by atoms with Crippen molar-refractivity contribution in [2.75, 3.05) is 18.4 Å². The van der Waals surface area contributed by atoms with Gasteiger partial charge in [-0.25, -0.2) is 9.67 Å². The van der Waals surface area contributed by atoms with Crippen molar-refractivity contribution in [3.63, 3.8) is 0 Å². The van der Waals surface area contributed by atoms with Crippen LogP contribution in [0.25, 0.3) is 5.69 Å². The van der Waals surface area contributed by atoms with Crippen LogP contribution in [0.5, 0.6) is 0 Å². The molecule has 6 nitrogen and oxygen atoms in total. The van der Waals surface area contributed by atoms with E-state index in [0.717, 1.165) is 31.5 Å². The summed E-state index contributed by atoms with van der Waals surface area (Å²) >= 11 is 0. The Morgan fingerprint density at radius 2 is 1.97 bits per heavy atom. The first kappa shape index (κ1) is 19.9. The molecule has 1 aromatic heterocycles. The monoisotopic (exact) mass is 407 g/mol. The molecular formula is C20H24F3N5O. The lowest BCUT2D eigenvalue weighted by Crippen LogP contribution is -2.49. The number of fused-ring (bicyclic) bond motifs is 1. The van der Waals surface area contributed by atoms with Gasteiger partial charge in [-0.2, -0.15) is 18.3 Å². The Bertz CT molecular complexity index is 850. The second kappa shape index (κ2) is 8.14. The minimum absolute atomic E-state index is 0.0764. The van der Waals surface area contributed by atoms with Gasteiger partial charge in [-0.15, -0.1) is 0 Å². The molecule has 2 heterocycles. The van der Waals surface area contributed by atoms with Gasteiger partial charge in [0.1, 0.15) is 12.7 Å². The van der Waals surface area contributed by atoms with Crippen LogP contribution in [-0.2, 0) is 11.0 Å². The minimum Gasteiger partial charge on any atom is -0.323 e. The molecule has 1 aliphatic carbocycles. The molecule has 2 fully saturated rings. The Morgan fingerprint density at radius 3 is 2.72 bits per heavy atom. The lowest BCUT2D eigenvalue weighted by atomic mass is 9.78. The third-order valence-electron chi connectivity index (χ3n) is 5.97. The number of anilines is 1. The summed E-state index contributed by atoms with van der Waals surface area (Å²) in [6.07, 6.45) is 5.14. The van der Waals surface area contributed by atoms with E-state index in [9.17, 15) is 18.0 Å². The Balaban J connectivity index is 1.53. The van der Waals surface area contributed by atoms with E-state index in [2.05, 4.69) is 20.3 Å². The van der Waals surface area contributed by atoms with Crippen molar-refractivity contribution in [3.8, 4) is 5.69 Å². The summed E-state index contributed by atoms with van der Waals surface area (Å²) in [4.78, 5) is 18.8. The maximum absolute atomic E-state index is 13.2. The number of nitrogens with zero attached hydrogens (tertiary/aromatic N) is 4. The van der Waals surface area contributed by atoms with Crippen LogP contribution in [0, 0.1) is 5.92 Å². The van der Waals surface area contributed by atoms with Crippen molar-refractivity contribution < 1.29 is 18.0 Å². The minimum atomic E-state index is -4.50. The summed E-state index contributed by atoms with van der Waals surface area (Å²) in [5.41, 5.74) is -0.396. The number of piperidine rings is 1. The summed E-state index contributed by atoms with van der Waals surface area (Å²) < 4.78 is 40.9. The lowest BCUT2D eigenvalue weighted by Gasteiger charge is -2.43. The largest absolute Gasteiger partial charge is 0.416 e. The van der Waals surface area contributed by atoms with Crippen LogP contribution in [0.1, 0.15) is 44.1 Å². The van der Waals surface area contributed by atoms with Gasteiger partial charge in [0.15, 0.2) is 0 Å². The van der Waals surface area contributed by atoms with E-state index in [1.807, 2.05) is 0 Å². The molecule has 2 atom stereocenters. The molecule has 1 saturated heterocycles. The van der Waals surface area contributed by atoms with E-state index in [0.29, 0.717) is 17.6 Å². The molecule has 9 heteroatoms. The molecule has 1 amide bonds. The third kappa shape index (κ3) is 4.44. The second-order valence-electron chi connectivity index (χ2n) is 7.84. The fraction of sp³-hybridized carbons (Fsp3) is 0.550. The molecule has 4 rings (SSSR count). The van der Waals surface area contributed by atoms with E-state index >= 15 is 0 Å². The summed E-state index contributed by atoms with van der Waals surface area (Å²) in [5.74, 6) is 0.321. The molecule has 29 heavy (non-hydrogen) atoms. The summed E-state index contributed by atoms with van der Waals surface area (Å²) in [6.45, 7) is 1.04. The summed E-state index contributed by atoms with van der Waals surface area (Å²) in [6, 6.07) is 3.63. The highest BCUT2D eigenvalue weighted by molar-refractivity contribution is 5.94. The van der Waals surface area contributed by atoms with Crippen LogP contribution in [0.4, 0.5) is 18.9 Å². The zero-order valence-corrected chi connectivity index (χ0v) is 16.0. The van der Waals surface area contributed by atoms with Gasteiger partial charge in [-0.1, -0.05) is 12.8 Å². The second-order valence-corrected chi connectivity index (χ2v) is 7.84. The van der Waals surface area contributed by atoms with Gasteiger partial charge < -0.3 is 5.32 Å². The fourth-order valence-electron chi connectivity index (χ4n) is 4.64. The average molecular weight is 407 g/mol. The number of nitrogens with one attached hydrogen (secondary N) is 1. The highest BCUT2D eigenvalue weighted by Crippen LogP contribution is 2.36. The SMILES string of the molecule is O=C(CN1CCC[C@@H]2CCCC[C@H]21)Nc1cc(C(F)(F)F)ccc1-n1cncn1. The number of hydrogen-bond donors (Lipinski definition) is 1. The van der Waals surface area contributed by atoms with Gasteiger partial charge >= 0.3 is 6.18 Å². The van der Waals surface area contributed by atoms with Crippen LogP contribution in [0.15, 0.2) is 30.9 Å². The Labute approximate surface area is 167 Å². The van der Waals surface area contributed by atoms with Crippen molar-refractivity contribution in [1.82, 2.24) is 19.7 Å². The van der Waals surface area contributed by atoms with Gasteiger partial charge in [-0.05, 0) is 56.3 Å². The van der Waals surface area contributed by atoms with Crippen molar-refractivity contribution in [1.29, 1.82) is 0 Å². The lowest BCUT2D eigenvalue weighted by molar-refractivity contribution is -0.137. The molecular weight excluding hydrogens is 383 g/mol. The fourth-order valence-corrected chi connectivity index (χ4v) is 4.64. The number of halogens is 3. The molecule has 2 aromatic rings. The van der Waals surface area contributed by atoms with Gasteiger partial charge in [-0.3, -0.25) is 9.69 Å². The third-order valence-corrected chi connectivity index (χ3v) is 5.97. The summed E-state index contributed by atoms with van der Waals surface area (Å²) in [7, 11) is 0. The number of alkyl halides is 3. The van der Waals surface area contributed by atoms with Crippen LogP contribution in [0.2, 0.25) is 0 Å². The number of likely N-dealkylation sites (tertiary alicyclic amines) is 1. The quantitative estimate of drug-likeness (QED) is 0.836. The van der Waals surface area contributed by atoms with Crippen molar-refractivity contribution in [2.24, 2.45) is 5.92 Å². The maximum Gasteiger partial charge on any atom is 0.416 e. The number of aromatic nitrogens is 3. The van der Waals surface area contributed by atoms with Crippen molar-refractivity contribution in [2.45, 2.75) is 50.7 Å². The smallest absolute Gasteiger partial charge is 0.323 e. The van der Waals surface area contributed by atoms with Crippen LogP contribution >= 0.6 is 0 Å². The number of hydrogen-bond acceptors (Lipinski definition) is 4. The molecule has 0 spiro atoms. The highest BCUT2D eigenvalue weighted by atomic mass is 19.4. The molecule has 0 radical (unpaired) electrons. The number of benzene rings is 1. The van der Waals surface area contributed by atoms with Gasteiger partial charge in [0.2, 0.25) is 5.91 Å². The molecule has 0 bridgehead atoms. The van der Waals surface area contributed by atoms with Crippen molar-refractivity contribution in [3.05, 3.63) is 36.4 Å². The number of carbonyl (C=O) groups excluding carboxylic acids is 1. The zero-order chi connectivity index (χ0) is 20.4. The molecule has 1 N–H and O–H groups in total. The van der Waals surface area contributed by atoms with E-state index in [1.165, 1.54) is 49.1 Å². The number of rotatable bonds is 4. The highest BCUT2D eigenvalue weighted by Gasteiger charge is 2.34. The van der Waals surface area contributed by atoms with Crippen LogP contribution in [0.3, 0.4) is 0 Å². The van der Waals surface area contributed by atoms with Crippen molar-refractivity contribution >= 4 is 11.6 Å². The normalized spacial score (nSPS) is 22.9. The maximum atomic E-state index is 13.2. The number of amides is 1. The predicted molar refractivity (Wildman–Crippen MR) is 102 cm³/mol. The Hall–Kier alpha value is -2.42. The first-order valence-corrected chi connectivity index (χ1v) is 10.0. The van der Waals surface area contributed by atoms with E-state index < -0.39 is 11.7 Å². The zero-order valence-electron chi connectivity index (χ0n) is 16.0. The molecule has 1 aromatic carbocycles. The summed E-state index contributed by atoms with van der Waals surface area (Å²) in [5, 5.41) is 6.66. The molecule has 1 saturated carbocycles. The topological polar surface area (TPSA) is 63.1 Å². The van der Waals surface area contributed by atoms with Gasteiger partial charge in [0.05, 0.1) is 23.5 Å². The predicted octanol–water partition coefficient (Wildman–Crippen LogP) is 3.88. The first-order chi connectivity index (χ1) is 13.9. The number of carbonyl (C=O) groups is 1. The van der Waals surface area contributed by atoms with E-state index in [1.54, 1.807) is 0 Å². The van der Waals surface area contributed by atoms with Gasteiger partial charge in [0, 0.05) is 6.04 Å². The standard InChI is InChI=1S/C20H24F3N5O/c21-20(22,23)15-7-8-18(28-13-24-12-25-28)16(10-15)26-19(29)11-27-9-3-5-14-4-1-2-6-17(14)27/h7-8,10,12-14,17H,1-6,9,11H2,(H,26,29)/t14-,17+/m0/s1. The first-order valence-electron chi connectivity index (χ1n) is 10.0. The van der Waals surface area contributed by atoms with E-state index in [4.69, 9.17) is 0 Å². The molecule has 2 aliphatic rings. The van der Waals surface area contributed by atoms with Gasteiger partial charge in [0.25, 0.3) is 0 Å². The molecule has 0 unspecified atom stereocenters. The van der Waals surface area contributed by atoms with E-state index in [-0.39, 0.29) is 18.1 Å². The van der Waals surface area contributed by atoms with Crippen LogP contribution < -0.4 is 5.32 Å². The molecule has 1 aliphatic heterocycles. The Morgan fingerprint density at radius 1 is 1.17 bits per heavy atom. The average Bonchev–Trinajstić information content (AvgIpc) is 3.22. The Kier molecular flexibility index (Phi) is 5.58. The molecule has 156 valence electrons. The van der Waals surface area contributed by atoms with Crippen LogP contribution in [-0.4, -0.2) is 44.7 Å².